The number of carbonyl (C=O) groups is 3. The maximum atomic E-state index is 12.8. The van der Waals surface area contributed by atoms with E-state index >= 15 is 0 Å². The smallest absolute Gasteiger partial charge is 0.323 e. The van der Waals surface area contributed by atoms with Gasteiger partial charge in [0.1, 0.15) is 12.2 Å². The van der Waals surface area contributed by atoms with Gasteiger partial charge in [-0.1, -0.05) is 0 Å². The molecule has 2 saturated heterocycles. The van der Waals surface area contributed by atoms with Crippen LogP contribution in [0.4, 0.5) is 0 Å². The van der Waals surface area contributed by atoms with Crippen molar-refractivity contribution in [3.8, 4) is 0 Å². The largest absolute Gasteiger partial charge is 0.480 e. The Morgan fingerprint density at radius 3 is 2.73 bits per heavy atom. The Morgan fingerprint density at radius 2 is 2.08 bits per heavy atom. The van der Waals surface area contributed by atoms with Crippen molar-refractivity contribution in [2.75, 3.05) is 39.8 Å². The molecule has 3 rings (SSSR count). The fourth-order valence-corrected chi connectivity index (χ4v) is 4.41. The molecule has 8 nitrogen and oxygen atoms in total. The number of likely N-dealkylation sites (tertiary alicyclic amines) is 1. The average molecular weight is 380 g/mol. The molecule has 2 amide bonds. The third-order valence-electron chi connectivity index (χ3n) is 5.46. The van der Waals surface area contributed by atoms with Crippen LogP contribution in [-0.4, -0.2) is 87.9 Å². The zero-order chi connectivity index (χ0) is 18.9. The van der Waals surface area contributed by atoms with Gasteiger partial charge in [0.15, 0.2) is 0 Å². The van der Waals surface area contributed by atoms with Crippen LogP contribution in [0.2, 0.25) is 0 Å². The molecule has 1 spiro atoms. The SMILES string of the molecule is Cc1nc(C(=O)N2CCN(C)[C@@]3(CCC(=O)N(CC(=O)O)CC3)C2)cs1. The topological polar surface area (TPSA) is 94.1 Å². The Hall–Kier alpha value is -2.00. The summed E-state index contributed by atoms with van der Waals surface area (Å²) in [6.07, 6.45) is 1.58. The molecule has 26 heavy (non-hydrogen) atoms. The third-order valence-corrected chi connectivity index (χ3v) is 6.23. The van der Waals surface area contributed by atoms with Crippen LogP contribution in [0.15, 0.2) is 5.38 Å². The zero-order valence-electron chi connectivity index (χ0n) is 15.1. The van der Waals surface area contributed by atoms with Gasteiger partial charge < -0.3 is 14.9 Å². The molecule has 0 unspecified atom stereocenters. The van der Waals surface area contributed by atoms with E-state index in [0.717, 1.165) is 11.6 Å². The number of aliphatic carboxylic acids is 1. The normalized spacial score (nSPS) is 24.8. The van der Waals surface area contributed by atoms with Crippen molar-refractivity contribution in [3.05, 3.63) is 16.1 Å². The third kappa shape index (κ3) is 3.73. The summed E-state index contributed by atoms with van der Waals surface area (Å²) in [6, 6.07) is 0. The first-order chi connectivity index (χ1) is 12.3. The van der Waals surface area contributed by atoms with Crippen LogP contribution in [0.1, 0.15) is 34.8 Å². The standard InChI is InChI=1S/C17H24N4O4S/c1-12-18-13(10-26-12)16(25)21-8-7-19(2)17(11-21)4-3-14(22)20(6-5-17)9-15(23)24/h10H,3-9,11H2,1-2H3,(H,23,24)/t17-/m1/s1. The summed E-state index contributed by atoms with van der Waals surface area (Å²) in [5.74, 6) is -1.20. The number of carboxylic acids is 1. The Balaban J connectivity index is 1.76. The number of rotatable bonds is 3. The molecule has 0 saturated carbocycles. The lowest BCUT2D eigenvalue weighted by atomic mass is 9.86. The van der Waals surface area contributed by atoms with E-state index in [1.165, 1.54) is 16.2 Å². The van der Waals surface area contributed by atoms with Gasteiger partial charge in [0, 0.05) is 43.5 Å². The van der Waals surface area contributed by atoms with E-state index in [9.17, 15) is 14.4 Å². The minimum Gasteiger partial charge on any atom is -0.480 e. The molecule has 2 aliphatic heterocycles. The lowest BCUT2D eigenvalue weighted by Gasteiger charge is -2.49. The number of carboxylic acid groups (broad SMARTS) is 1. The van der Waals surface area contributed by atoms with E-state index in [4.69, 9.17) is 5.11 Å². The van der Waals surface area contributed by atoms with Gasteiger partial charge in [0.05, 0.1) is 5.01 Å². The highest BCUT2D eigenvalue weighted by atomic mass is 32.1. The van der Waals surface area contributed by atoms with E-state index in [2.05, 4.69) is 9.88 Å². The first-order valence-electron chi connectivity index (χ1n) is 8.73. The van der Waals surface area contributed by atoms with Crippen molar-refractivity contribution in [1.29, 1.82) is 0 Å². The Labute approximate surface area is 156 Å². The molecule has 0 bridgehead atoms. The van der Waals surface area contributed by atoms with Gasteiger partial charge in [-0.3, -0.25) is 19.3 Å². The summed E-state index contributed by atoms with van der Waals surface area (Å²) in [4.78, 5) is 45.8. The predicted octanol–water partition coefficient (Wildman–Crippen LogP) is 0.675. The van der Waals surface area contributed by atoms with Crippen LogP contribution in [0.3, 0.4) is 0 Å². The molecule has 3 heterocycles. The van der Waals surface area contributed by atoms with Crippen LogP contribution in [0.5, 0.6) is 0 Å². The lowest BCUT2D eigenvalue weighted by Crippen LogP contribution is -2.62. The molecule has 1 N–H and O–H groups in total. The van der Waals surface area contributed by atoms with E-state index in [1.54, 1.807) is 5.38 Å². The summed E-state index contributed by atoms with van der Waals surface area (Å²) in [5, 5.41) is 11.7. The molecule has 1 atom stereocenters. The van der Waals surface area contributed by atoms with Gasteiger partial charge in [0.2, 0.25) is 5.91 Å². The molecule has 0 radical (unpaired) electrons. The van der Waals surface area contributed by atoms with Crippen LogP contribution in [0.25, 0.3) is 0 Å². The summed E-state index contributed by atoms with van der Waals surface area (Å²) < 4.78 is 0. The minimum absolute atomic E-state index is 0.0696. The van der Waals surface area contributed by atoms with Gasteiger partial charge in [-0.25, -0.2) is 4.98 Å². The average Bonchev–Trinajstić information content (AvgIpc) is 2.97. The highest BCUT2D eigenvalue weighted by molar-refractivity contribution is 7.09. The number of aryl methyl sites for hydroxylation is 1. The van der Waals surface area contributed by atoms with Gasteiger partial charge >= 0.3 is 5.97 Å². The van der Waals surface area contributed by atoms with Gasteiger partial charge in [-0.15, -0.1) is 11.3 Å². The van der Waals surface area contributed by atoms with Crippen molar-refractivity contribution in [2.45, 2.75) is 31.7 Å². The first kappa shape index (κ1) is 18.8. The van der Waals surface area contributed by atoms with E-state index in [1.807, 2.05) is 18.9 Å². The molecule has 9 heteroatoms. The van der Waals surface area contributed by atoms with Gasteiger partial charge in [-0.2, -0.15) is 0 Å². The number of piperazine rings is 1. The van der Waals surface area contributed by atoms with E-state index in [-0.39, 0.29) is 23.9 Å². The number of hydrogen-bond donors (Lipinski definition) is 1. The molecule has 0 aromatic carbocycles. The molecule has 1 aromatic heterocycles. The van der Waals surface area contributed by atoms with Gasteiger partial charge in [0.25, 0.3) is 5.91 Å². The fraction of sp³-hybridized carbons (Fsp3) is 0.647. The number of amides is 2. The molecule has 1 aromatic rings. The Kier molecular flexibility index (Phi) is 5.29. The monoisotopic (exact) mass is 380 g/mol. The quantitative estimate of drug-likeness (QED) is 0.829. The summed E-state index contributed by atoms with van der Waals surface area (Å²) in [7, 11) is 2.02. The summed E-state index contributed by atoms with van der Waals surface area (Å²) in [5.41, 5.74) is 0.173. The number of aromatic nitrogens is 1. The van der Waals surface area contributed by atoms with Crippen LogP contribution in [-0.2, 0) is 9.59 Å². The number of nitrogens with zero attached hydrogens (tertiary/aromatic N) is 4. The second-order valence-corrected chi connectivity index (χ2v) is 8.15. The van der Waals surface area contributed by atoms with Crippen LogP contribution >= 0.6 is 11.3 Å². The maximum Gasteiger partial charge on any atom is 0.323 e. The molecule has 142 valence electrons. The number of likely N-dealkylation sites (N-methyl/N-ethyl adjacent to an activating group) is 1. The molecule has 2 fully saturated rings. The number of hydrogen-bond acceptors (Lipinski definition) is 6. The van der Waals surface area contributed by atoms with Crippen LogP contribution in [0, 0.1) is 6.92 Å². The zero-order valence-corrected chi connectivity index (χ0v) is 15.9. The van der Waals surface area contributed by atoms with E-state index in [0.29, 0.717) is 44.6 Å². The second-order valence-electron chi connectivity index (χ2n) is 7.08. The Bertz CT molecular complexity index is 721. The summed E-state index contributed by atoms with van der Waals surface area (Å²) >= 11 is 1.46. The molecule has 2 aliphatic rings. The maximum absolute atomic E-state index is 12.8. The predicted molar refractivity (Wildman–Crippen MR) is 96.2 cm³/mol. The Morgan fingerprint density at radius 1 is 1.31 bits per heavy atom. The van der Waals surface area contributed by atoms with Crippen molar-refractivity contribution < 1.29 is 19.5 Å². The van der Waals surface area contributed by atoms with Crippen molar-refractivity contribution in [2.24, 2.45) is 0 Å². The summed E-state index contributed by atoms with van der Waals surface area (Å²) in [6.45, 7) is 3.89. The minimum atomic E-state index is -0.998. The van der Waals surface area contributed by atoms with Crippen molar-refractivity contribution >= 4 is 29.1 Å². The highest BCUT2D eigenvalue weighted by Crippen LogP contribution is 2.32. The van der Waals surface area contributed by atoms with Gasteiger partial charge in [-0.05, 0) is 26.8 Å². The van der Waals surface area contributed by atoms with Crippen molar-refractivity contribution in [1.82, 2.24) is 19.7 Å². The number of carbonyl (C=O) groups excluding carboxylic acids is 2. The first-order valence-corrected chi connectivity index (χ1v) is 9.61. The fourth-order valence-electron chi connectivity index (χ4n) is 3.82. The van der Waals surface area contributed by atoms with Crippen LogP contribution < -0.4 is 0 Å². The lowest BCUT2D eigenvalue weighted by molar-refractivity contribution is -0.144. The van der Waals surface area contributed by atoms with E-state index < -0.39 is 5.97 Å². The second kappa shape index (κ2) is 7.32. The molecule has 0 aliphatic carbocycles. The number of thiazole rings is 1. The molecular formula is C17H24N4O4S. The highest BCUT2D eigenvalue weighted by Gasteiger charge is 2.43. The van der Waals surface area contributed by atoms with Crippen molar-refractivity contribution in [3.63, 3.8) is 0 Å². The molecular weight excluding hydrogens is 356 g/mol.